The summed E-state index contributed by atoms with van der Waals surface area (Å²) in [5.41, 5.74) is 0.768. The molecule has 0 aromatic carbocycles. The monoisotopic (exact) mass is 275 g/mol. The Bertz CT molecular complexity index is 523. The number of ketones is 1. The molecule has 0 bridgehead atoms. The van der Waals surface area contributed by atoms with Gasteiger partial charge >= 0.3 is 0 Å². The summed E-state index contributed by atoms with van der Waals surface area (Å²) in [5.74, 6) is 0.859. The Morgan fingerprint density at radius 1 is 1.45 bits per heavy atom. The first-order chi connectivity index (χ1) is 9.63. The molecule has 1 N–H and O–H groups in total. The number of aromatic nitrogens is 1. The van der Waals surface area contributed by atoms with Crippen LogP contribution >= 0.6 is 0 Å². The molecule has 2 aliphatic rings. The molecule has 2 unspecified atom stereocenters. The highest BCUT2D eigenvalue weighted by atomic mass is 16.1. The number of hydrogen-bond acceptors (Lipinski definition) is 3. The summed E-state index contributed by atoms with van der Waals surface area (Å²) < 4.78 is 1.87. The number of hydrogen-bond donors (Lipinski definition) is 1. The van der Waals surface area contributed by atoms with Crippen LogP contribution in [-0.2, 0) is 11.8 Å². The first-order valence-electron chi connectivity index (χ1n) is 7.30. The topological polar surface area (TPSA) is 54.3 Å². The van der Waals surface area contributed by atoms with E-state index in [1.165, 1.54) is 0 Å². The lowest BCUT2D eigenvalue weighted by atomic mass is 9.85. The van der Waals surface area contributed by atoms with Gasteiger partial charge in [-0.3, -0.25) is 14.5 Å². The van der Waals surface area contributed by atoms with E-state index in [0.29, 0.717) is 24.9 Å². The van der Waals surface area contributed by atoms with Crippen molar-refractivity contribution in [3.05, 3.63) is 24.0 Å². The largest absolute Gasteiger partial charge is 0.353 e. The minimum absolute atomic E-state index is 0.177. The molecule has 0 aliphatic carbocycles. The number of amides is 1. The maximum Gasteiger partial charge on any atom is 0.220 e. The Hall–Kier alpha value is -1.62. The van der Waals surface area contributed by atoms with Gasteiger partial charge in [0.1, 0.15) is 0 Å². The molecule has 0 saturated carbocycles. The van der Waals surface area contributed by atoms with E-state index in [4.69, 9.17) is 0 Å². The van der Waals surface area contributed by atoms with E-state index in [0.717, 1.165) is 31.6 Å². The van der Waals surface area contributed by atoms with Gasteiger partial charge in [0.15, 0.2) is 5.78 Å². The Morgan fingerprint density at radius 3 is 3.05 bits per heavy atom. The molecule has 108 valence electrons. The van der Waals surface area contributed by atoms with E-state index in [1.807, 2.05) is 29.9 Å². The highest BCUT2D eigenvalue weighted by molar-refractivity contribution is 5.96. The average molecular weight is 275 g/mol. The SMILES string of the molecule is Cn1cccc1C(=O)CN1CCC2NC(=O)CCC2C1. The van der Waals surface area contributed by atoms with Crippen molar-refractivity contribution >= 4 is 11.7 Å². The fraction of sp³-hybridized carbons (Fsp3) is 0.600. The van der Waals surface area contributed by atoms with Crippen LogP contribution < -0.4 is 5.32 Å². The smallest absolute Gasteiger partial charge is 0.220 e. The predicted octanol–water partition coefficient (Wildman–Crippen LogP) is 0.808. The fourth-order valence-corrected chi connectivity index (χ4v) is 3.36. The van der Waals surface area contributed by atoms with Crippen LogP contribution in [0.25, 0.3) is 0 Å². The molecular formula is C15H21N3O2. The maximum absolute atomic E-state index is 12.3. The second-order valence-electron chi connectivity index (χ2n) is 5.92. The minimum atomic E-state index is 0.177. The third-order valence-electron chi connectivity index (χ3n) is 4.50. The van der Waals surface area contributed by atoms with Gasteiger partial charge in [-0.25, -0.2) is 0 Å². The lowest BCUT2D eigenvalue weighted by Gasteiger charge is -2.41. The molecule has 1 amide bonds. The van der Waals surface area contributed by atoms with Crippen molar-refractivity contribution in [1.82, 2.24) is 14.8 Å². The van der Waals surface area contributed by atoms with E-state index in [1.54, 1.807) is 0 Å². The van der Waals surface area contributed by atoms with Crippen LogP contribution in [0.1, 0.15) is 29.8 Å². The molecule has 2 atom stereocenters. The summed E-state index contributed by atoms with van der Waals surface area (Å²) in [5, 5.41) is 3.07. The number of rotatable bonds is 3. The number of carbonyl (C=O) groups excluding carboxylic acids is 2. The number of Topliss-reactive ketones (excluding diaryl/α,β-unsaturated/α-hetero) is 1. The van der Waals surface area contributed by atoms with Gasteiger partial charge in [0.2, 0.25) is 5.91 Å². The van der Waals surface area contributed by atoms with Crippen LogP contribution in [-0.4, -0.2) is 46.8 Å². The third-order valence-corrected chi connectivity index (χ3v) is 4.50. The molecule has 20 heavy (non-hydrogen) atoms. The standard InChI is InChI=1S/C15H21N3O2/c1-17-7-2-3-13(17)14(19)10-18-8-6-12-11(9-18)4-5-15(20)16-12/h2-3,7,11-12H,4-6,8-10H2,1H3,(H,16,20). The number of fused-ring (bicyclic) bond motifs is 1. The maximum atomic E-state index is 12.3. The summed E-state index contributed by atoms with van der Waals surface area (Å²) in [6.07, 6.45) is 4.43. The van der Waals surface area contributed by atoms with Crippen LogP contribution in [0.4, 0.5) is 0 Å². The molecule has 5 nitrogen and oxygen atoms in total. The van der Waals surface area contributed by atoms with Crippen LogP contribution in [0.3, 0.4) is 0 Å². The zero-order chi connectivity index (χ0) is 14.1. The summed E-state index contributed by atoms with van der Waals surface area (Å²) in [7, 11) is 1.90. The summed E-state index contributed by atoms with van der Waals surface area (Å²) in [6, 6.07) is 4.09. The zero-order valence-electron chi connectivity index (χ0n) is 11.8. The molecular weight excluding hydrogens is 254 g/mol. The van der Waals surface area contributed by atoms with Crippen LogP contribution in [0.5, 0.6) is 0 Å². The molecule has 1 aromatic heterocycles. The van der Waals surface area contributed by atoms with Crippen LogP contribution in [0, 0.1) is 5.92 Å². The third kappa shape index (κ3) is 2.63. The molecule has 2 fully saturated rings. The van der Waals surface area contributed by atoms with Crippen molar-refractivity contribution in [2.24, 2.45) is 13.0 Å². The first-order valence-corrected chi connectivity index (χ1v) is 7.30. The second kappa shape index (κ2) is 5.40. The highest BCUT2D eigenvalue weighted by Crippen LogP contribution is 2.25. The highest BCUT2D eigenvalue weighted by Gasteiger charge is 2.34. The van der Waals surface area contributed by atoms with Crippen molar-refractivity contribution < 1.29 is 9.59 Å². The predicted molar refractivity (Wildman–Crippen MR) is 75.5 cm³/mol. The zero-order valence-corrected chi connectivity index (χ0v) is 11.8. The van der Waals surface area contributed by atoms with E-state index in [-0.39, 0.29) is 11.7 Å². The van der Waals surface area contributed by atoms with Crippen molar-refractivity contribution in [3.63, 3.8) is 0 Å². The van der Waals surface area contributed by atoms with E-state index >= 15 is 0 Å². The van der Waals surface area contributed by atoms with Gasteiger partial charge in [-0.05, 0) is 30.9 Å². The van der Waals surface area contributed by atoms with Gasteiger partial charge in [-0.2, -0.15) is 0 Å². The second-order valence-corrected chi connectivity index (χ2v) is 5.92. The quantitative estimate of drug-likeness (QED) is 0.831. The van der Waals surface area contributed by atoms with Gasteiger partial charge in [0.05, 0.1) is 12.2 Å². The number of carbonyl (C=O) groups is 2. The molecule has 3 heterocycles. The number of aryl methyl sites for hydroxylation is 1. The van der Waals surface area contributed by atoms with Crippen molar-refractivity contribution in [2.75, 3.05) is 19.6 Å². The van der Waals surface area contributed by atoms with E-state index in [9.17, 15) is 9.59 Å². The molecule has 1 aromatic rings. The van der Waals surface area contributed by atoms with Gasteiger partial charge in [-0.1, -0.05) is 0 Å². The van der Waals surface area contributed by atoms with Crippen molar-refractivity contribution in [3.8, 4) is 0 Å². The normalized spacial score (nSPS) is 26.9. The lowest BCUT2D eigenvalue weighted by Crippen LogP contribution is -2.54. The molecule has 2 saturated heterocycles. The molecule has 2 aliphatic heterocycles. The van der Waals surface area contributed by atoms with Gasteiger partial charge in [-0.15, -0.1) is 0 Å². The number of nitrogens with zero attached hydrogens (tertiary/aromatic N) is 2. The Labute approximate surface area is 118 Å². The first kappa shape index (κ1) is 13.4. The Morgan fingerprint density at radius 2 is 2.30 bits per heavy atom. The fourth-order valence-electron chi connectivity index (χ4n) is 3.36. The Balaban J connectivity index is 1.59. The van der Waals surface area contributed by atoms with Crippen LogP contribution in [0.2, 0.25) is 0 Å². The van der Waals surface area contributed by atoms with Gasteiger partial charge in [0.25, 0.3) is 0 Å². The summed E-state index contributed by atoms with van der Waals surface area (Å²) in [4.78, 5) is 25.9. The molecule has 0 radical (unpaired) electrons. The van der Waals surface area contributed by atoms with E-state index < -0.39 is 0 Å². The minimum Gasteiger partial charge on any atom is -0.353 e. The number of piperidine rings is 2. The number of nitrogens with one attached hydrogen (secondary N) is 1. The average Bonchev–Trinajstić information content (AvgIpc) is 2.85. The number of likely N-dealkylation sites (tertiary alicyclic amines) is 1. The van der Waals surface area contributed by atoms with Crippen molar-refractivity contribution in [2.45, 2.75) is 25.3 Å². The van der Waals surface area contributed by atoms with Gasteiger partial charge < -0.3 is 9.88 Å². The molecule has 0 spiro atoms. The Kier molecular flexibility index (Phi) is 3.61. The van der Waals surface area contributed by atoms with E-state index in [2.05, 4.69) is 10.2 Å². The molecule has 3 rings (SSSR count). The van der Waals surface area contributed by atoms with Crippen molar-refractivity contribution in [1.29, 1.82) is 0 Å². The summed E-state index contributed by atoms with van der Waals surface area (Å²) >= 11 is 0. The van der Waals surface area contributed by atoms with Crippen LogP contribution in [0.15, 0.2) is 18.3 Å². The molecule has 5 heteroatoms. The lowest BCUT2D eigenvalue weighted by molar-refractivity contribution is -0.125. The summed E-state index contributed by atoms with van der Waals surface area (Å²) in [6.45, 7) is 2.29. The van der Waals surface area contributed by atoms with Gasteiger partial charge in [0, 0.05) is 38.8 Å².